The minimum absolute atomic E-state index is 0.528. The van der Waals surface area contributed by atoms with Crippen LogP contribution in [0.4, 0.5) is 17.1 Å². The largest absolute Gasteiger partial charge is 0.309 e. The number of anilines is 3. The van der Waals surface area contributed by atoms with Gasteiger partial charge in [-0.3, -0.25) is 0 Å². The van der Waals surface area contributed by atoms with E-state index >= 15 is 0 Å². The first kappa shape index (κ1) is 35.4. The standard InChI is InChI=1S/C59H39NS/c1-5-20-40(21-6-1)45-28-16-18-33-54(45)60(55-34-19-35-56-57(55)51-39-50(41-22-7-2-8-23-41)46-29-13-14-31-49(46)58(51)61-56)44-36-37-48-47-30-15-17-32-52(47)59(53(48)38-44,42-24-9-3-10-25-42)43-26-11-4-12-27-43/h1-39H. The number of thiophene rings is 1. The third-order valence-corrected chi connectivity index (χ3v) is 13.9. The van der Waals surface area contributed by atoms with E-state index in [1.807, 2.05) is 11.3 Å². The molecule has 0 radical (unpaired) electrons. The van der Waals surface area contributed by atoms with Crippen LogP contribution in [-0.4, -0.2) is 0 Å². The van der Waals surface area contributed by atoms with E-state index < -0.39 is 5.41 Å². The molecule has 0 aliphatic heterocycles. The molecule has 61 heavy (non-hydrogen) atoms. The molecule has 2 heteroatoms. The zero-order chi connectivity index (χ0) is 40.3. The topological polar surface area (TPSA) is 3.24 Å². The molecule has 1 aliphatic rings. The lowest BCUT2D eigenvalue weighted by Gasteiger charge is -2.35. The number of fused-ring (bicyclic) bond motifs is 8. The van der Waals surface area contributed by atoms with E-state index in [0.29, 0.717) is 0 Å². The Labute approximate surface area is 360 Å². The Morgan fingerprint density at radius 3 is 1.59 bits per heavy atom. The van der Waals surface area contributed by atoms with Crippen LogP contribution >= 0.6 is 11.3 Å². The molecule has 11 aromatic rings. The van der Waals surface area contributed by atoms with Crippen LogP contribution in [-0.2, 0) is 5.41 Å². The van der Waals surface area contributed by atoms with Crippen molar-refractivity contribution in [1.82, 2.24) is 0 Å². The zero-order valence-electron chi connectivity index (χ0n) is 33.4. The van der Waals surface area contributed by atoms with E-state index in [2.05, 4.69) is 241 Å². The quantitative estimate of drug-likeness (QED) is 0.155. The lowest BCUT2D eigenvalue weighted by atomic mass is 9.67. The van der Waals surface area contributed by atoms with Gasteiger partial charge in [-0.2, -0.15) is 0 Å². The van der Waals surface area contributed by atoms with Crippen LogP contribution in [0.5, 0.6) is 0 Å². The second kappa shape index (κ2) is 14.3. The monoisotopic (exact) mass is 793 g/mol. The highest BCUT2D eigenvalue weighted by Gasteiger charge is 2.46. The summed E-state index contributed by atoms with van der Waals surface area (Å²) in [4.78, 5) is 2.54. The van der Waals surface area contributed by atoms with Gasteiger partial charge in [0.2, 0.25) is 0 Å². The molecule has 0 fully saturated rings. The summed E-state index contributed by atoms with van der Waals surface area (Å²) in [6.45, 7) is 0. The highest BCUT2D eigenvalue weighted by Crippen LogP contribution is 2.58. The Morgan fingerprint density at radius 1 is 0.344 bits per heavy atom. The van der Waals surface area contributed by atoms with Crippen LogP contribution in [0.3, 0.4) is 0 Å². The molecule has 286 valence electrons. The van der Waals surface area contributed by atoms with Crippen LogP contribution in [0.1, 0.15) is 22.3 Å². The maximum Gasteiger partial charge on any atom is 0.0714 e. The van der Waals surface area contributed by atoms with Crippen molar-refractivity contribution < 1.29 is 0 Å². The van der Waals surface area contributed by atoms with Gasteiger partial charge < -0.3 is 4.90 Å². The van der Waals surface area contributed by atoms with Crippen LogP contribution < -0.4 is 4.90 Å². The molecule has 0 saturated heterocycles. The number of benzene rings is 10. The predicted octanol–water partition coefficient (Wildman–Crippen LogP) is 16.4. The molecule has 12 rings (SSSR count). The molecule has 0 saturated carbocycles. The van der Waals surface area contributed by atoms with Gasteiger partial charge in [0.25, 0.3) is 0 Å². The number of rotatable bonds is 7. The average molecular weight is 794 g/mol. The first-order valence-corrected chi connectivity index (χ1v) is 21.8. The zero-order valence-corrected chi connectivity index (χ0v) is 34.2. The minimum Gasteiger partial charge on any atom is -0.309 e. The van der Waals surface area contributed by atoms with Gasteiger partial charge in [-0.15, -0.1) is 11.3 Å². The molecule has 1 nitrogen and oxygen atoms in total. The summed E-state index contributed by atoms with van der Waals surface area (Å²) >= 11 is 1.90. The van der Waals surface area contributed by atoms with Crippen LogP contribution in [0.2, 0.25) is 0 Å². The first-order valence-electron chi connectivity index (χ1n) is 21.0. The summed E-state index contributed by atoms with van der Waals surface area (Å²) < 4.78 is 2.58. The Kier molecular flexibility index (Phi) is 8.33. The van der Waals surface area contributed by atoms with Crippen LogP contribution in [0.25, 0.3) is 64.3 Å². The van der Waals surface area contributed by atoms with Gasteiger partial charge in [0.15, 0.2) is 0 Å². The fourth-order valence-corrected chi connectivity index (χ4v) is 11.4. The van der Waals surface area contributed by atoms with Gasteiger partial charge in [0, 0.05) is 36.8 Å². The summed E-state index contributed by atoms with van der Waals surface area (Å²) in [5, 5.41) is 5.09. The molecule has 0 spiro atoms. The van der Waals surface area contributed by atoms with E-state index in [1.165, 1.54) is 86.6 Å². The third kappa shape index (κ3) is 5.46. The summed E-state index contributed by atoms with van der Waals surface area (Å²) in [7, 11) is 0. The van der Waals surface area contributed by atoms with Gasteiger partial charge in [0.1, 0.15) is 0 Å². The predicted molar refractivity (Wildman–Crippen MR) is 260 cm³/mol. The summed E-state index contributed by atoms with van der Waals surface area (Å²) in [5.74, 6) is 0. The Bertz CT molecular complexity index is 3370. The Balaban J connectivity index is 1.19. The van der Waals surface area contributed by atoms with Crippen molar-refractivity contribution in [2.75, 3.05) is 4.90 Å². The number of para-hydroxylation sites is 1. The van der Waals surface area contributed by atoms with Gasteiger partial charge in [-0.1, -0.05) is 200 Å². The molecule has 10 aromatic carbocycles. The van der Waals surface area contributed by atoms with Crippen LogP contribution in [0, 0.1) is 0 Å². The average Bonchev–Trinajstić information content (AvgIpc) is 3.87. The van der Waals surface area contributed by atoms with Crippen molar-refractivity contribution in [3.8, 4) is 33.4 Å². The summed E-state index contributed by atoms with van der Waals surface area (Å²) in [6, 6.07) is 87.3. The fraction of sp³-hybridized carbons (Fsp3) is 0.0169. The van der Waals surface area contributed by atoms with E-state index in [1.54, 1.807) is 0 Å². The molecule has 0 N–H and O–H groups in total. The van der Waals surface area contributed by atoms with Crippen molar-refractivity contribution in [3.63, 3.8) is 0 Å². The lowest BCUT2D eigenvalue weighted by molar-refractivity contribution is 0.768. The molecule has 0 atom stereocenters. The smallest absolute Gasteiger partial charge is 0.0714 e. The second-order valence-corrected chi connectivity index (χ2v) is 17.0. The number of hydrogen-bond donors (Lipinski definition) is 0. The maximum atomic E-state index is 2.54. The van der Waals surface area contributed by atoms with E-state index in [9.17, 15) is 0 Å². The number of nitrogens with zero attached hydrogens (tertiary/aromatic N) is 1. The van der Waals surface area contributed by atoms with Crippen molar-refractivity contribution in [1.29, 1.82) is 0 Å². The van der Waals surface area contributed by atoms with Gasteiger partial charge >= 0.3 is 0 Å². The highest BCUT2D eigenvalue weighted by molar-refractivity contribution is 7.26. The Morgan fingerprint density at radius 2 is 0.885 bits per heavy atom. The lowest BCUT2D eigenvalue weighted by Crippen LogP contribution is -2.28. The van der Waals surface area contributed by atoms with Gasteiger partial charge in [-0.25, -0.2) is 0 Å². The van der Waals surface area contributed by atoms with E-state index in [4.69, 9.17) is 0 Å². The van der Waals surface area contributed by atoms with Crippen LogP contribution in [0.15, 0.2) is 237 Å². The first-order chi connectivity index (χ1) is 30.3. The molecule has 0 bridgehead atoms. The van der Waals surface area contributed by atoms with Crippen molar-refractivity contribution in [2.24, 2.45) is 0 Å². The normalized spacial score (nSPS) is 12.7. The highest BCUT2D eigenvalue weighted by atomic mass is 32.1. The fourth-order valence-electron chi connectivity index (χ4n) is 10.2. The van der Waals surface area contributed by atoms with E-state index in [-0.39, 0.29) is 0 Å². The van der Waals surface area contributed by atoms with Crippen molar-refractivity contribution in [3.05, 3.63) is 259 Å². The molecular weight excluding hydrogens is 755 g/mol. The molecule has 1 heterocycles. The molecule has 0 unspecified atom stereocenters. The second-order valence-electron chi connectivity index (χ2n) is 15.9. The summed E-state index contributed by atoms with van der Waals surface area (Å²) in [6.07, 6.45) is 0. The van der Waals surface area contributed by atoms with Gasteiger partial charge in [0.05, 0.1) is 16.8 Å². The van der Waals surface area contributed by atoms with E-state index in [0.717, 1.165) is 17.1 Å². The molecular formula is C59H39NS. The van der Waals surface area contributed by atoms with Crippen molar-refractivity contribution in [2.45, 2.75) is 5.41 Å². The third-order valence-electron chi connectivity index (χ3n) is 12.7. The molecule has 1 aromatic heterocycles. The molecule has 1 aliphatic carbocycles. The Hall–Kier alpha value is -7.52. The number of hydrogen-bond acceptors (Lipinski definition) is 2. The summed E-state index contributed by atoms with van der Waals surface area (Å²) in [5.41, 5.74) is 15.3. The molecule has 0 amide bonds. The minimum atomic E-state index is -0.528. The van der Waals surface area contributed by atoms with Gasteiger partial charge in [-0.05, 0) is 91.9 Å². The van der Waals surface area contributed by atoms with Crippen molar-refractivity contribution >= 4 is 59.3 Å². The SMILES string of the molecule is c1ccc(-c2ccccc2N(c2ccc3c(c2)C(c2ccccc2)(c2ccccc2)c2ccccc2-3)c2cccc3sc4c5ccccc5c(-c5ccccc5)cc4c23)cc1. The maximum absolute atomic E-state index is 2.54.